The van der Waals surface area contributed by atoms with E-state index >= 15 is 0 Å². The molecule has 1 atom stereocenters. The predicted molar refractivity (Wildman–Crippen MR) is 122 cm³/mol. The third kappa shape index (κ3) is 4.70. The second-order valence-electron chi connectivity index (χ2n) is 7.94. The summed E-state index contributed by atoms with van der Waals surface area (Å²) in [6.45, 7) is 4.94. The molecule has 1 fully saturated rings. The van der Waals surface area contributed by atoms with Gasteiger partial charge in [0.1, 0.15) is 0 Å². The molecule has 1 aliphatic rings. The maximum Gasteiger partial charge on any atom is 0.269 e. The third-order valence-corrected chi connectivity index (χ3v) is 7.80. The van der Waals surface area contributed by atoms with Crippen LogP contribution in [-0.2, 0) is 9.84 Å². The van der Waals surface area contributed by atoms with E-state index in [0.717, 1.165) is 42.6 Å². The Morgan fingerprint density at radius 1 is 0.935 bits per heavy atom. The Morgan fingerprint density at radius 2 is 1.58 bits per heavy atom. The first-order chi connectivity index (χ1) is 14.8. The number of nitro groups is 1. The van der Waals surface area contributed by atoms with Gasteiger partial charge in [0.25, 0.3) is 5.69 Å². The molecule has 0 spiro atoms. The first-order valence-corrected chi connectivity index (χ1v) is 11.9. The Labute approximate surface area is 182 Å². The standard InChI is InChI=1S/C23H25N3O4S/c1-18(17-31(29,30)23-11-6-19-4-2-3-5-20(19)16-23)24-12-14-25(15-13-24)21-7-9-22(10-8-21)26(27)28/h2-11,16,18H,12-15,17H2,1H3/t18-/m1/s1. The molecule has 0 saturated carbocycles. The van der Waals surface area contributed by atoms with Gasteiger partial charge in [0.2, 0.25) is 0 Å². The molecule has 0 radical (unpaired) electrons. The maximum absolute atomic E-state index is 13.0. The Bertz CT molecular complexity index is 1190. The molecule has 1 heterocycles. The number of hydrogen-bond acceptors (Lipinski definition) is 6. The van der Waals surface area contributed by atoms with Gasteiger partial charge < -0.3 is 4.90 Å². The topological polar surface area (TPSA) is 83.8 Å². The van der Waals surface area contributed by atoms with Crippen LogP contribution in [0.5, 0.6) is 0 Å². The fourth-order valence-electron chi connectivity index (χ4n) is 4.09. The second kappa shape index (κ2) is 8.64. The highest BCUT2D eigenvalue weighted by Gasteiger charge is 2.26. The Hall–Kier alpha value is -2.97. The summed E-state index contributed by atoms with van der Waals surface area (Å²) >= 11 is 0. The van der Waals surface area contributed by atoms with Gasteiger partial charge in [-0.15, -0.1) is 0 Å². The molecule has 3 aromatic rings. The third-order valence-electron chi connectivity index (χ3n) is 5.90. The van der Waals surface area contributed by atoms with Crippen molar-refractivity contribution in [2.45, 2.75) is 17.9 Å². The van der Waals surface area contributed by atoms with Crippen LogP contribution in [0.1, 0.15) is 6.92 Å². The molecule has 1 saturated heterocycles. The summed E-state index contributed by atoms with van der Waals surface area (Å²) in [4.78, 5) is 15.2. The van der Waals surface area contributed by atoms with Crippen molar-refractivity contribution in [3.63, 3.8) is 0 Å². The fraction of sp³-hybridized carbons (Fsp3) is 0.304. The van der Waals surface area contributed by atoms with Crippen LogP contribution in [0.4, 0.5) is 11.4 Å². The summed E-state index contributed by atoms with van der Waals surface area (Å²) in [6.07, 6.45) is 0. The maximum atomic E-state index is 13.0. The van der Waals surface area contributed by atoms with E-state index in [-0.39, 0.29) is 17.5 Å². The molecule has 1 aliphatic heterocycles. The molecule has 3 aromatic carbocycles. The van der Waals surface area contributed by atoms with E-state index in [1.165, 1.54) is 12.1 Å². The molecule has 162 valence electrons. The van der Waals surface area contributed by atoms with E-state index < -0.39 is 14.8 Å². The lowest BCUT2D eigenvalue weighted by molar-refractivity contribution is -0.384. The lowest BCUT2D eigenvalue weighted by Gasteiger charge is -2.39. The van der Waals surface area contributed by atoms with Gasteiger partial charge >= 0.3 is 0 Å². The number of nitrogens with zero attached hydrogens (tertiary/aromatic N) is 3. The zero-order valence-electron chi connectivity index (χ0n) is 17.3. The minimum atomic E-state index is -3.40. The van der Waals surface area contributed by atoms with Crippen molar-refractivity contribution >= 4 is 32.0 Å². The first-order valence-electron chi connectivity index (χ1n) is 10.3. The summed E-state index contributed by atoms with van der Waals surface area (Å²) in [5.41, 5.74) is 1.02. The number of nitro benzene ring substituents is 1. The summed E-state index contributed by atoms with van der Waals surface area (Å²) in [6, 6.07) is 19.5. The number of anilines is 1. The second-order valence-corrected chi connectivity index (χ2v) is 9.97. The SMILES string of the molecule is C[C@H](CS(=O)(=O)c1ccc2ccccc2c1)N1CCN(c2ccc([N+](=O)[O-])cc2)CC1. The lowest BCUT2D eigenvalue weighted by Crippen LogP contribution is -2.51. The van der Waals surface area contributed by atoms with E-state index in [0.29, 0.717) is 4.90 Å². The average Bonchev–Trinajstić information content (AvgIpc) is 2.78. The number of fused-ring (bicyclic) bond motifs is 1. The Morgan fingerprint density at radius 3 is 2.23 bits per heavy atom. The molecular formula is C23H25N3O4S. The van der Waals surface area contributed by atoms with Gasteiger partial charge in [0, 0.05) is 50.0 Å². The highest BCUT2D eigenvalue weighted by Crippen LogP contribution is 2.23. The van der Waals surface area contributed by atoms with Crippen LogP contribution >= 0.6 is 0 Å². The van der Waals surface area contributed by atoms with Crippen molar-refractivity contribution in [2.75, 3.05) is 36.8 Å². The highest BCUT2D eigenvalue weighted by atomic mass is 32.2. The van der Waals surface area contributed by atoms with Crippen molar-refractivity contribution in [2.24, 2.45) is 0 Å². The van der Waals surface area contributed by atoms with Crippen molar-refractivity contribution in [3.8, 4) is 0 Å². The fourth-order valence-corrected chi connectivity index (χ4v) is 5.71. The minimum absolute atomic E-state index is 0.0723. The van der Waals surface area contributed by atoms with Gasteiger partial charge in [-0.1, -0.05) is 30.3 Å². The minimum Gasteiger partial charge on any atom is -0.369 e. The molecule has 7 nitrogen and oxygen atoms in total. The van der Waals surface area contributed by atoms with Crippen LogP contribution in [0.15, 0.2) is 71.6 Å². The Kier molecular flexibility index (Phi) is 5.93. The highest BCUT2D eigenvalue weighted by molar-refractivity contribution is 7.91. The van der Waals surface area contributed by atoms with E-state index in [1.807, 2.05) is 37.3 Å². The summed E-state index contributed by atoms with van der Waals surface area (Å²) < 4.78 is 26.0. The van der Waals surface area contributed by atoms with Crippen LogP contribution in [0.25, 0.3) is 10.8 Å². The van der Waals surface area contributed by atoms with Gasteiger partial charge in [0.05, 0.1) is 15.6 Å². The summed E-state index contributed by atoms with van der Waals surface area (Å²) in [5.74, 6) is 0.0723. The van der Waals surface area contributed by atoms with E-state index in [2.05, 4.69) is 9.80 Å². The molecule has 0 unspecified atom stereocenters. The zero-order chi connectivity index (χ0) is 22.0. The van der Waals surface area contributed by atoms with Crippen LogP contribution in [0.2, 0.25) is 0 Å². The van der Waals surface area contributed by atoms with Crippen LogP contribution < -0.4 is 4.90 Å². The smallest absolute Gasteiger partial charge is 0.269 e. The monoisotopic (exact) mass is 439 g/mol. The van der Waals surface area contributed by atoms with Crippen LogP contribution in [0.3, 0.4) is 0 Å². The van der Waals surface area contributed by atoms with E-state index in [9.17, 15) is 18.5 Å². The summed E-state index contributed by atoms with van der Waals surface area (Å²) in [5, 5.41) is 12.8. The number of hydrogen-bond donors (Lipinski definition) is 0. The molecule has 0 N–H and O–H groups in total. The van der Waals surface area contributed by atoms with Crippen LogP contribution in [-0.4, -0.2) is 56.2 Å². The molecule has 4 rings (SSSR count). The predicted octanol–water partition coefficient (Wildman–Crippen LogP) is 3.73. The van der Waals surface area contributed by atoms with E-state index in [1.54, 1.807) is 24.3 Å². The van der Waals surface area contributed by atoms with Crippen molar-refractivity contribution in [1.29, 1.82) is 0 Å². The lowest BCUT2D eigenvalue weighted by atomic mass is 10.1. The van der Waals surface area contributed by atoms with Gasteiger partial charge in [-0.05, 0) is 42.0 Å². The molecule has 0 aromatic heterocycles. The van der Waals surface area contributed by atoms with Gasteiger partial charge in [0.15, 0.2) is 9.84 Å². The van der Waals surface area contributed by atoms with Gasteiger partial charge in [-0.2, -0.15) is 0 Å². The molecule has 31 heavy (non-hydrogen) atoms. The van der Waals surface area contributed by atoms with Crippen LogP contribution in [0, 0.1) is 10.1 Å². The van der Waals surface area contributed by atoms with Crippen molar-refractivity contribution in [1.82, 2.24) is 4.90 Å². The molecule has 0 amide bonds. The zero-order valence-corrected chi connectivity index (χ0v) is 18.2. The first kappa shape index (κ1) is 21.3. The number of piperazine rings is 1. The van der Waals surface area contributed by atoms with E-state index in [4.69, 9.17) is 0 Å². The summed E-state index contributed by atoms with van der Waals surface area (Å²) in [7, 11) is -3.40. The molecule has 0 aliphatic carbocycles. The number of benzene rings is 3. The number of non-ortho nitro benzene ring substituents is 1. The molecule has 0 bridgehead atoms. The normalized spacial score (nSPS) is 16.4. The number of sulfone groups is 1. The Balaban J connectivity index is 1.38. The largest absolute Gasteiger partial charge is 0.369 e. The number of rotatable bonds is 6. The average molecular weight is 440 g/mol. The van der Waals surface area contributed by atoms with Crippen molar-refractivity contribution < 1.29 is 13.3 Å². The quantitative estimate of drug-likeness (QED) is 0.430. The van der Waals surface area contributed by atoms with Crippen molar-refractivity contribution in [3.05, 3.63) is 76.8 Å². The molecular weight excluding hydrogens is 414 g/mol. The molecule has 8 heteroatoms. The van der Waals surface area contributed by atoms with Gasteiger partial charge in [-0.3, -0.25) is 15.0 Å². The van der Waals surface area contributed by atoms with Gasteiger partial charge in [-0.25, -0.2) is 8.42 Å².